The average molecular weight is 128 g/mol. The van der Waals surface area contributed by atoms with E-state index in [9.17, 15) is 12.3 Å². The van der Waals surface area contributed by atoms with E-state index in [1.165, 1.54) is 0 Å². The fourth-order valence-corrected chi connectivity index (χ4v) is 0.327. The molecule has 0 radical (unpaired) electrons. The Kier molecular flexibility index (Phi) is 2.17. The highest BCUT2D eigenvalue weighted by Gasteiger charge is 2.02. The number of halogens is 1. The lowest BCUT2D eigenvalue weighted by Crippen LogP contribution is -2.01. The van der Waals surface area contributed by atoms with Crippen molar-refractivity contribution < 1.29 is 17.4 Å². The molecule has 0 spiro atoms. The van der Waals surface area contributed by atoms with Crippen LogP contribution in [0.4, 0.5) is 3.89 Å². The van der Waals surface area contributed by atoms with Gasteiger partial charge < -0.3 is 5.11 Å². The number of aliphatic hydroxyl groups excluding tert-OH is 1. The second-order valence-corrected chi connectivity index (χ2v) is 2.45. The number of hydrogen-bond acceptors (Lipinski definition) is 3. The summed E-state index contributed by atoms with van der Waals surface area (Å²) in [6, 6.07) is 0. The molecule has 0 bridgehead atoms. The first-order chi connectivity index (χ1) is 3.06. The minimum absolute atomic E-state index is 0.654. The summed E-state index contributed by atoms with van der Waals surface area (Å²) in [5.41, 5.74) is 0. The molecule has 44 valence electrons. The Bertz CT molecular complexity index is 126. The van der Waals surface area contributed by atoms with Gasteiger partial charge in [0.25, 0.3) is 0 Å². The first kappa shape index (κ1) is 6.84. The highest BCUT2D eigenvalue weighted by atomic mass is 32.3. The van der Waals surface area contributed by atoms with Crippen LogP contribution in [0.3, 0.4) is 0 Å². The van der Waals surface area contributed by atoms with Crippen molar-refractivity contribution in [3.05, 3.63) is 0 Å². The van der Waals surface area contributed by atoms with Gasteiger partial charge >= 0.3 is 10.2 Å². The van der Waals surface area contributed by atoms with Gasteiger partial charge in [0.15, 0.2) is 0 Å². The zero-order valence-electron chi connectivity index (χ0n) is 3.46. The zero-order chi connectivity index (χ0) is 5.91. The Hall–Kier alpha value is -0.160. The van der Waals surface area contributed by atoms with Gasteiger partial charge in [-0.25, -0.2) is 0 Å². The monoisotopic (exact) mass is 128 g/mol. The van der Waals surface area contributed by atoms with Crippen LogP contribution >= 0.6 is 0 Å². The Morgan fingerprint density at radius 1 is 1.57 bits per heavy atom. The second kappa shape index (κ2) is 2.23. The summed E-state index contributed by atoms with van der Waals surface area (Å²) in [6.45, 7) is -0.654. The molecule has 0 aliphatic carbocycles. The molecule has 5 heteroatoms. The van der Waals surface area contributed by atoms with Gasteiger partial charge in [0.05, 0.1) is 6.61 Å². The predicted octanol–water partition coefficient (Wildman–Crippen LogP) is -0.722. The summed E-state index contributed by atoms with van der Waals surface area (Å²) in [5, 5.41) is 7.78. The van der Waals surface area contributed by atoms with Crippen LogP contribution in [0.1, 0.15) is 0 Å². The van der Waals surface area contributed by atoms with Crippen LogP contribution in [0, 0.1) is 0 Å². The summed E-state index contributed by atoms with van der Waals surface area (Å²) in [5.74, 6) is -0.799. The third kappa shape index (κ3) is 5.84. The molecule has 0 saturated carbocycles. The van der Waals surface area contributed by atoms with E-state index in [0.29, 0.717) is 0 Å². The Morgan fingerprint density at radius 2 is 2.00 bits per heavy atom. The molecule has 0 heterocycles. The Morgan fingerprint density at radius 3 is 2.00 bits per heavy atom. The molecule has 0 fully saturated rings. The molecule has 0 rings (SSSR count). The van der Waals surface area contributed by atoms with Crippen LogP contribution in [0.2, 0.25) is 0 Å². The summed E-state index contributed by atoms with van der Waals surface area (Å²) in [4.78, 5) is 0. The highest BCUT2D eigenvalue weighted by Crippen LogP contribution is 1.86. The molecule has 1 N–H and O–H groups in total. The molecule has 0 aromatic rings. The maximum absolute atomic E-state index is 11.2. The fourth-order valence-electron chi connectivity index (χ4n) is 0.109. The quantitative estimate of drug-likeness (QED) is 0.499. The van der Waals surface area contributed by atoms with Gasteiger partial charge in [-0.3, -0.25) is 0 Å². The minimum Gasteiger partial charge on any atom is -0.395 e. The van der Waals surface area contributed by atoms with Crippen LogP contribution in [0.25, 0.3) is 0 Å². The van der Waals surface area contributed by atoms with Crippen molar-refractivity contribution in [3.63, 3.8) is 0 Å². The molecule has 0 atom stereocenters. The molecule has 0 aromatic heterocycles. The van der Waals surface area contributed by atoms with Gasteiger partial charge in [0.1, 0.15) is 5.75 Å². The summed E-state index contributed by atoms with van der Waals surface area (Å²) in [7, 11) is -4.42. The number of aliphatic hydroxyl groups is 1. The first-order valence-electron chi connectivity index (χ1n) is 1.59. The second-order valence-electron chi connectivity index (χ2n) is 0.967. The van der Waals surface area contributed by atoms with Crippen LogP contribution < -0.4 is 0 Å². The van der Waals surface area contributed by atoms with Gasteiger partial charge in [-0.1, -0.05) is 0 Å². The maximum atomic E-state index is 11.2. The minimum atomic E-state index is -4.42. The fraction of sp³-hybridized carbons (Fsp3) is 1.00. The maximum Gasteiger partial charge on any atom is 0.304 e. The average Bonchev–Trinajstić information content (AvgIpc) is 1.30. The van der Waals surface area contributed by atoms with Crippen LogP contribution in [-0.4, -0.2) is 25.9 Å². The molecule has 3 nitrogen and oxygen atoms in total. The van der Waals surface area contributed by atoms with Gasteiger partial charge in [-0.05, 0) is 0 Å². The van der Waals surface area contributed by atoms with Crippen molar-refractivity contribution >= 4 is 10.2 Å². The molecule has 0 aliphatic rings. The van der Waals surface area contributed by atoms with E-state index in [2.05, 4.69) is 0 Å². The van der Waals surface area contributed by atoms with Crippen molar-refractivity contribution in [1.82, 2.24) is 0 Å². The van der Waals surface area contributed by atoms with E-state index < -0.39 is 22.6 Å². The first-order valence-corrected chi connectivity index (χ1v) is 3.15. The lowest BCUT2D eigenvalue weighted by atomic mass is 10.9. The summed E-state index contributed by atoms with van der Waals surface area (Å²) in [6.07, 6.45) is 0. The van der Waals surface area contributed by atoms with E-state index in [-0.39, 0.29) is 0 Å². The van der Waals surface area contributed by atoms with Crippen molar-refractivity contribution in [1.29, 1.82) is 0 Å². The van der Waals surface area contributed by atoms with Gasteiger partial charge in [-0.2, -0.15) is 8.42 Å². The van der Waals surface area contributed by atoms with Crippen LogP contribution in [0.5, 0.6) is 0 Å². The van der Waals surface area contributed by atoms with E-state index in [4.69, 9.17) is 5.11 Å². The molecule has 7 heavy (non-hydrogen) atoms. The molecule has 0 saturated heterocycles. The predicted molar refractivity (Wildman–Crippen MR) is 22.0 cm³/mol. The third-order valence-electron chi connectivity index (χ3n) is 0.335. The SMILES string of the molecule is O=S(=O)(F)CCO. The lowest BCUT2D eigenvalue weighted by Gasteiger charge is -1.82. The van der Waals surface area contributed by atoms with Crippen LogP contribution in [0.15, 0.2) is 0 Å². The lowest BCUT2D eigenvalue weighted by molar-refractivity contribution is 0.318. The van der Waals surface area contributed by atoms with Gasteiger partial charge in [-0.15, -0.1) is 3.89 Å². The van der Waals surface area contributed by atoms with Crippen molar-refractivity contribution in [3.8, 4) is 0 Å². The van der Waals surface area contributed by atoms with Crippen molar-refractivity contribution in [2.75, 3.05) is 12.4 Å². The topological polar surface area (TPSA) is 54.4 Å². The normalized spacial score (nSPS) is 11.7. The molecule has 0 amide bonds. The molecular formula is C2H5FO3S. The van der Waals surface area contributed by atoms with Crippen LogP contribution in [-0.2, 0) is 10.2 Å². The highest BCUT2D eigenvalue weighted by molar-refractivity contribution is 7.86. The number of rotatable bonds is 2. The summed E-state index contributed by atoms with van der Waals surface area (Å²) < 4.78 is 30.0. The van der Waals surface area contributed by atoms with E-state index in [1.807, 2.05) is 0 Å². The molecule has 0 aliphatic heterocycles. The van der Waals surface area contributed by atoms with Crippen molar-refractivity contribution in [2.45, 2.75) is 0 Å². The smallest absolute Gasteiger partial charge is 0.304 e. The van der Waals surface area contributed by atoms with Crippen molar-refractivity contribution in [2.24, 2.45) is 0 Å². The van der Waals surface area contributed by atoms with E-state index in [0.717, 1.165) is 0 Å². The van der Waals surface area contributed by atoms with E-state index >= 15 is 0 Å². The third-order valence-corrected chi connectivity index (χ3v) is 1.01. The molecule has 0 aromatic carbocycles. The molecule has 0 unspecified atom stereocenters. The molecular weight excluding hydrogens is 123 g/mol. The number of hydrogen-bond donors (Lipinski definition) is 1. The van der Waals surface area contributed by atoms with E-state index in [1.54, 1.807) is 0 Å². The Balaban J connectivity index is 3.60. The standard InChI is InChI=1S/C2H5FO3S/c3-7(5,6)2-1-4/h4H,1-2H2. The largest absolute Gasteiger partial charge is 0.395 e. The van der Waals surface area contributed by atoms with Gasteiger partial charge in [0, 0.05) is 0 Å². The summed E-state index contributed by atoms with van der Waals surface area (Å²) >= 11 is 0. The van der Waals surface area contributed by atoms with Gasteiger partial charge in [0.2, 0.25) is 0 Å². The Labute approximate surface area is 41.0 Å². The zero-order valence-corrected chi connectivity index (χ0v) is 4.28.